The monoisotopic (exact) mass is 312 g/mol. The largest absolute Gasteiger partial charge is 0.396 e. The molecule has 1 atom stereocenters. The second-order valence-corrected chi connectivity index (χ2v) is 7.51. The highest BCUT2D eigenvalue weighted by atomic mass is 32.2. The van der Waals surface area contributed by atoms with Crippen molar-refractivity contribution in [2.75, 3.05) is 20.2 Å². The number of hydrogen-bond donors (Lipinski definition) is 1. The summed E-state index contributed by atoms with van der Waals surface area (Å²) >= 11 is 0. The SMILES string of the molecule is CN(Cc1ccccc1)S(=O)(=O)N1CCCC1CCCO. The average molecular weight is 312 g/mol. The van der Waals surface area contributed by atoms with Crippen molar-refractivity contribution >= 4 is 10.2 Å². The molecule has 0 amide bonds. The molecular weight excluding hydrogens is 288 g/mol. The Bertz CT molecular complexity index is 533. The van der Waals surface area contributed by atoms with Crippen LogP contribution in [0.15, 0.2) is 30.3 Å². The highest BCUT2D eigenvalue weighted by molar-refractivity contribution is 7.86. The lowest BCUT2D eigenvalue weighted by molar-refractivity contribution is 0.259. The van der Waals surface area contributed by atoms with Crippen molar-refractivity contribution in [2.45, 2.75) is 38.3 Å². The highest BCUT2D eigenvalue weighted by Gasteiger charge is 2.36. The van der Waals surface area contributed by atoms with E-state index >= 15 is 0 Å². The van der Waals surface area contributed by atoms with Gasteiger partial charge in [0.2, 0.25) is 0 Å². The zero-order valence-corrected chi connectivity index (χ0v) is 13.3. The first kappa shape index (κ1) is 16.4. The van der Waals surface area contributed by atoms with Crippen molar-refractivity contribution in [3.05, 3.63) is 35.9 Å². The minimum atomic E-state index is -3.43. The molecule has 1 unspecified atom stereocenters. The Morgan fingerprint density at radius 3 is 2.71 bits per heavy atom. The topological polar surface area (TPSA) is 60.9 Å². The van der Waals surface area contributed by atoms with Crippen LogP contribution in [0.2, 0.25) is 0 Å². The van der Waals surface area contributed by atoms with Crippen LogP contribution < -0.4 is 0 Å². The van der Waals surface area contributed by atoms with Gasteiger partial charge in [-0.1, -0.05) is 30.3 Å². The Morgan fingerprint density at radius 2 is 2.05 bits per heavy atom. The molecule has 1 N–H and O–H groups in total. The quantitative estimate of drug-likeness (QED) is 0.832. The van der Waals surface area contributed by atoms with Gasteiger partial charge < -0.3 is 5.11 Å². The molecule has 118 valence electrons. The lowest BCUT2D eigenvalue weighted by Crippen LogP contribution is -2.44. The van der Waals surface area contributed by atoms with E-state index < -0.39 is 10.2 Å². The number of hydrogen-bond acceptors (Lipinski definition) is 3. The van der Waals surface area contributed by atoms with Crippen molar-refractivity contribution in [3.63, 3.8) is 0 Å². The van der Waals surface area contributed by atoms with E-state index in [0.717, 1.165) is 24.8 Å². The fourth-order valence-corrected chi connectivity index (χ4v) is 4.45. The molecule has 1 aliphatic heterocycles. The van der Waals surface area contributed by atoms with E-state index in [1.807, 2.05) is 30.3 Å². The van der Waals surface area contributed by atoms with E-state index in [0.29, 0.717) is 19.5 Å². The van der Waals surface area contributed by atoms with Gasteiger partial charge in [-0.2, -0.15) is 17.0 Å². The summed E-state index contributed by atoms with van der Waals surface area (Å²) in [5, 5.41) is 8.94. The summed E-state index contributed by atoms with van der Waals surface area (Å²) < 4.78 is 28.4. The standard InChI is InChI=1S/C15H24N2O3S/c1-16(13-14-7-3-2-4-8-14)21(19,20)17-11-5-9-15(17)10-6-12-18/h2-4,7-8,15,18H,5-6,9-13H2,1H3. The molecule has 21 heavy (non-hydrogen) atoms. The Morgan fingerprint density at radius 1 is 1.33 bits per heavy atom. The Labute approximate surface area is 127 Å². The zero-order valence-electron chi connectivity index (χ0n) is 12.5. The van der Waals surface area contributed by atoms with Crippen molar-refractivity contribution in [2.24, 2.45) is 0 Å². The highest BCUT2D eigenvalue weighted by Crippen LogP contribution is 2.26. The minimum Gasteiger partial charge on any atom is -0.396 e. The molecule has 5 nitrogen and oxygen atoms in total. The van der Waals surface area contributed by atoms with Crippen LogP contribution in [-0.4, -0.2) is 48.4 Å². The smallest absolute Gasteiger partial charge is 0.282 e. The van der Waals surface area contributed by atoms with Gasteiger partial charge in [0.25, 0.3) is 10.2 Å². The fourth-order valence-electron chi connectivity index (χ4n) is 2.83. The van der Waals surface area contributed by atoms with Gasteiger partial charge in [0.05, 0.1) is 0 Å². The van der Waals surface area contributed by atoms with Crippen molar-refractivity contribution < 1.29 is 13.5 Å². The van der Waals surface area contributed by atoms with Crippen molar-refractivity contribution in [1.82, 2.24) is 8.61 Å². The molecule has 6 heteroatoms. The number of nitrogens with zero attached hydrogens (tertiary/aromatic N) is 2. The summed E-state index contributed by atoms with van der Waals surface area (Å²) in [7, 11) is -1.80. The number of aliphatic hydroxyl groups is 1. The van der Waals surface area contributed by atoms with Gasteiger partial charge in [0.15, 0.2) is 0 Å². The van der Waals surface area contributed by atoms with Crippen molar-refractivity contribution in [1.29, 1.82) is 0 Å². The van der Waals surface area contributed by atoms with Crippen LogP contribution in [0.1, 0.15) is 31.2 Å². The zero-order chi connectivity index (χ0) is 15.3. The van der Waals surface area contributed by atoms with Crippen molar-refractivity contribution in [3.8, 4) is 0 Å². The molecule has 0 aliphatic carbocycles. The predicted octanol–water partition coefficient (Wildman–Crippen LogP) is 1.60. The Hall–Kier alpha value is -0.950. The molecule has 0 radical (unpaired) electrons. The van der Waals surface area contributed by atoms with Gasteiger partial charge in [0, 0.05) is 32.8 Å². The van der Waals surface area contributed by atoms with Gasteiger partial charge in [-0.05, 0) is 31.2 Å². The molecule has 1 fully saturated rings. The third-order valence-corrected chi connectivity index (χ3v) is 5.95. The third kappa shape index (κ3) is 4.03. The lowest BCUT2D eigenvalue weighted by Gasteiger charge is -2.28. The van der Waals surface area contributed by atoms with Crippen LogP contribution in [0.4, 0.5) is 0 Å². The first-order chi connectivity index (χ1) is 10.1. The van der Waals surface area contributed by atoms with Gasteiger partial charge in [0.1, 0.15) is 0 Å². The minimum absolute atomic E-state index is 0.0281. The normalized spacial score (nSPS) is 20.2. The number of rotatable bonds is 7. The summed E-state index contributed by atoms with van der Waals surface area (Å²) in [6.07, 6.45) is 3.17. The molecule has 1 saturated heterocycles. The van der Waals surface area contributed by atoms with E-state index in [2.05, 4.69) is 0 Å². The molecule has 1 heterocycles. The van der Waals surface area contributed by atoms with Gasteiger partial charge in [-0.3, -0.25) is 0 Å². The maximum Gasteiger partial charge on any atom is 0.282 e. The van der Waals surface area contributed by atoms with Crippen LogP contribution in [0, 0.1) is 0 Å². The molecule has 1 aromatic carbocycles. The lowest BCUT2D eigenvalue weighted by atomic mass is 10.1. The fraction of sp³-hybridized carbons (Fsp3) is 0.600. The van der Waals surface area contributed by atoms with Gasteiger partial charge in [-0.25, -0.2) is 0 Å². The van der Waals surface area contributed by atoms with Gasteiger partial charge >= 0.3 is 0 Å². The van der Waals surface area contributed by atoms with Crippen LogP contribution in [0.5, 0.6) is 0 Å². The molecule has 1 aliphatic rings. The first-order valence-corrected chi connectivity index (χ1v) is 8.83. The number of aliphatic hydroxyl groups excluding tert-OH is 1. The van der Waals surface area contributed by atoms with Crippen LogP contribution in [0.25, 0.3) is 0 Å². The molecule has 0 spiro atoms. The third-order valence-electron chi connectivity index (χ3n) is 3.96. The number of benzene rings is 1. The van der Waals surface area contributed by atoms with E-state index in [1.165, 1.54) is 4.31 Å². The Balaban J connectivity index is 2.05. The summed E-state index contributed by atoms with van der Waals surface area (Å²) in [5.74, 6) is 0. The van der Waals surface area contributed by atoms with Crippen LogP contribution in [0.3, 0.4) is 0 Å². The van der Waals surface area contributed by atoms with E-state index in [4.69, 9.17) is 5.11 Å². The molecule has 0 aromatic heterocycles. The predicted molar refractivity (Wildman–Crippen MR) is 82.9 cm³/mol. The second-order valence-electron chi connectivity index (χ2n) is 5.52. The maximum atomic E-state index is 12.7. The molecule has 1 aromatic rings. The summed E-state index contributed by atoms with van der Waals surface area (Å²) in [4.78, 5) is 0. The van der Waals surface area contributed by atoms with E-state index in [1.54, 1.807) is 11.4 Å². The van der Waals surface area contributed by atoms with Gasteiger partial charge in [-0.15, -0.1) is 0 Å². The molecule has 0 bridgehead atoms. The van der Waals surface area contributed by atoms with Crippen LogP contribution >= 0.6 is 0 Å². The summed E-state index contributed by atoms with van der Waals surface area (Å²) in [5.41, 5.74) is 0.981. The Kier molecular flexibility index (Phi) is 5.75. The maximum absolute atomic E-state index is 12.7. The second kappa shape index (κ2) is 7.35. The molecule has 0 saturated carbocycles. The van der Waals surface area contributed by atoms with E-state index in [9.17, 15) is 8.42 Å². The summed E-state index contributed by atoms with van der Waals surface area (Å²) in [6, 6.07) is 9.63. The molecular formula is C15H24N2O3S. The van der Waals surface area contributed by atoms with Crippen LogP contribution in [-0.2, 0) is 16.8 Å². The summed E-state index contributed by atoms with van der Waals surface area (Å²) in [6.45, 7) is 1.08. The first-order valence-electron chi connectivity index (χ1n) is 7.43. The average Bonchev–Trinajstić information content (AvgIpc) is 2.95. The molecule has 2 rings (SSSR count). The van der Waals surface area contributed by atoms with E-state index in [-0.39, 0.29) is 12.6 Å².